The molecule has 0 saturated heterocycles. The normalized spacial score (nSPS) is 10.4. The van der Waals surface area contributed by atoms with Gasteiger partial charge in [0.2, 0.25) is 0 Å². The SMILES string of the molecule is NC(=O)c1nn(Cc2ccccc2Br)cc1N. The Labute approximate surface area is 107 Å². The number of nitrogen functional groups attached to an aromatic ring is 1. The Morgan fingerprint density at radius 3 is 2.71 bits per heavy atom. The summed E-state index contributed by atoms with van der Waals surface area (Å²) in [6.45, 7) is 0.527. The highest BCUT2D eigenvalue weighted by Crippen LogP contribution is 2.18. The van der Waals surface area contributed by atoms with Crippen LogP contribution in [0.15, 0.2) is 34.9 Å². The highest BCUT2D eigenvalue weighted by molar-refractivity contribution is 9.10. The van der Waals surface area contributed by atoms with Crippen molar-refractivity contribution in [3.05, 3.63) is 46.2 Å². The second kappa shape index (κ2) is 4.58. The molecule has 1 amide bonds. The fourth-order valence-electron chi connectivity index (χ4n) is 1.51. The van der Waals surface area contributed by atoms with Gasteiger partial charge >= 0.3 is 0 Å². The molecule has 0 spiro atoms. The lowest BCUT2D eigenvalue weighted by Gasteiger charge is -2.03. The van der Waals surface area contributed by atoms with Crippen LogP contribution in [0, 0.1) is 0 Å². The molecular weight excluding hydrogens is 284 g/mol. The zero-order valence-electron chi connectivity index (χ0n) is 8.93. The molecule has 2 rings (SSSR count). The van der Waals surface area contributed by atoms with Gasteiger partial charge in [-0.1, -0.05) is 34.1 Å². The number of halogens is 1. The number of rotatable bonds is 3. The highest BCUT2D eigenvalue weighted by Gasteiger charge is 2.11. The van der Waals surface area contributed by atoms with E-state index in [4.69, 9.17) is 11.5 Å². The Kier molecular flexibility index (Phi) is 3.14. The quantitative estimate of drug-likeness (QED) is 0.896. The van der Waals surface area contributed by atoms with Crippen molar-refractivity contribution in [2.45, 2.75) is 6.54 Å². The average molecular weight is 295 g/mol. The third-order valence-electron chi connectivity index (χ3n) is 2.31. The number of hydrogen-bond donors (Lipinski definition) is 2. The smallest absolute Gasteiger partial charge is 0.271 e. The van der Waals surface area contributed by atoms with Crippen LogP contribution in [0.5, 0.6) is 0 Å². The number of hydrogen-bond acceptors (Lipinski definition) is 3. The zero-order chi connectivity index (χ0) is 12.4. The van der Waals surface area contributed by atoms with Crippen LogP contribution in [0.1, 0.15) is 16.1 Å². The molecule has 0 saturated carbocycles. The lowest BCUT2D eigenvalue weighted by molar-refractivity contribution is 0.0995. The number of nitrogens with two attached hydrogens (primary N) is 2. The number of carbonyl (C=O) groups excluding carboxylic acids is 1. The number of anilines is 1. The van der Waals surface area contributed by atoms with Gasteiger partial charge in [0.1, 0.15) is 0 Å². The first-order valence-corrected chi connectivity index (χ1v) is 5.73. The topological polar surface area (TPSA) is 86.9 Å². The predicted molar refractivity (Wildman–Crippen MR) is 68.4 cm³/mol. The summed E-state index contributed by atoms with van der Waals surface area (Å²) < 4.78 is 2.57. The molecule has 0 radical (unpaired) electrons. The van der Waals surface area contributed by atoms with Crippen molar-refractivity contribution in [1.82, 2.24) is 9.78 Å². The first kappa shape index (κ1) is 11.7. The Morgan fingerprint density at radius 1 is 1.41 bits per heavy atom. The summed E-state index contributed by atoms with van der Waals surface area (Å²) in [6, 6.07) is 7.77. The van der Waals surface area contributed by atoms with E-state index < -0.39 is 5.91 Å². The van der Waals surface area contributed by atoms with Crippen molar-refractivity contribution in [2.24, 2.45) is 5.73 Å². The van der Waals surface area contributed by atoms with Gasteiger partial charge in [-0.2, -0.15) is 5.10 Å². The van der Waals surface area contributed by atoms with E-state index >= 15 is 0 Å². The largest absolute Gasteiger partial charge is 0.396 e. The molecule has 1 aromatic heterocycles. The van der Waals surface area contributed by atoms with E-state index in [0.717, 1.165) is 10.0 Å². The second-order valence-corrected chi connectivity index (χ2v) is 4.44. The molecule has 0 aliphatic heterocycles. The lowest BCUT2D eigenvalue weighted by atomic mass is 10.2. The Balaban J connectivity index is 2.28. The molecule has 0 bridgehead atoms. The molecule has 2 aromatic rings. The van der Waals surface area contributed by atoms with Crippen LogP contribution in [0.25, 0.3) is 0 Å². The molecule has 0 atom stereocenters. The highest BCUT2D eigenvalue weighted by atomic mass is 79.9. The molecule has 17 heavy (non-hydrogen) atoms. The predicted octanol–water partition coefficient (Wildman–Crippen LogP) is 1.37. The first-order valence-electron chi connectivity index (χ1n) is 4.94. The number of nitrogens with zero attached hydrogens (tertiary/aromatic N) is 2. The van der Waals surface area contributed by atoms with Gasteiger partial charge < -0.3 is 11.5 Å². The number of benzene rings is 1. The minimum Gasteiger partial charge on any atom is -0.396 e. The first-order chi connectivity index (χ1) is 8.08. The van der Waals surface area contributed by atoms with Crippen LogP contribution in [-0.2, 0) is 6.54 Å². The summed E-state index contributed by atoms with van der Waals surface area (Å²) in [5.74, 6) is -0.617. The maximum atomic E-state index is 11.0. The second-order valence-electron chi connectivity index (χ2n) is 3.59. The Hall–Kier alpha value is -1.82. The van der Waals surface area contributed by atoms with E-state index in [0.29, 0.717) is 12.2 Å². The minimum absolute atomic E-state index is 0.108. The summed E-state index contributed by atoms with van der Waals surface area (Å²) in [4.78, 5) is 11.0. The fraction of sp³-hybridized carbons (Fsp3) is 0.0909. The third kappa shape index (κ3) is 2.47. The zero-order valence-corrected chi connectivity index (χ0v) is 10.5. The molecule has 6 heteroatoms. The van der Waals surface area contributed by atoms with Gasteiger partial charge in [-0.3, -0.25) is 9.48 Å². The van der Waals surface area contributed by atoms with E-state index in [2.05, 4.69) is 21.0 Å². The summed E-state index contributed by atoms with van der Waals surface area (Å²) in [7, 11) is 0. The van der Waals surface area contributed by atoms with E-state index in [9.17, 15) is 4.79 Å². The van der Waals surface area contributed by atoms with Crippen LogP contribution in [0.4, 0.5) is 5.69 Å². The van der Waals surface area contributed by atoms with Crippen LogP contribution in [0.3, 0.4) is 0 Å². The van der Waals surface area contributed by atoms with Gasteiger partial charge in [-0.05, 0) is 11.6 Å². The van der Waals surface area contributed by atoms with Crippen molar-refractivity contribution in [2.75, 3.05) is 5.73 Å². The van der Waals surface area contributed by atoms with E-state index in [-0.39, 0.29) is 5.69 Å². The van der Waals surface area contributed by atoms with Crippen molar-refractivity contribution in [1.29, 1.82) is 0 Å². The standard InChI is InChI=1S/C11H11BrN4O/c12-8-4-2-1-3-7(8)5-16-6-9(13)10(15-16)11(14)17/h1-4,6H,5,13H2,(H2,14,17). The summed E-state index contributed by atoms with van der Waals surface area (Å²) in [5, 5.41) is 4.04. The van der Waals surface area contributed by atoms with Gasteiger partial charge in [-0.15, -0.1) is 0 Å². The van der Waals surface area contributed by atoms with Gasteiger partial charge in [0, 0.05) is 10.7 Å². The third-order valence-corrected chi connectivity index (χ3v) is 3.09. The van der Waals surface area contributed by atoms with E-state index in [1.807, 2.05) is 24.3 Å². The molecular formula is C11H11BrN4O. The number of carbonyl (C=O) groups is 1. The molecule has 1 heterocycles. The molecule has 4 N–H and O–H groups in total. The number of primary amides is 1. The van der Waals surface area contributed by atoms with Crippen molar-refractivity contribution >= 4 is 27.5 Å². The average Bonchev–Trinajstić information content (AvgIpc) is 2.63. The Bertz CT molecular complexity index is 564. The molecule has 0 aliphatic carbocycles. The van der Waals surface area contributed by atoms with Crippen molar-refractivity contribution in [3.63, 3.8) is 0 Å². The Morgan fingerprint density at radius 2 is 2.12 bits per heavy atom. The minimum atomic E-state index is -0.617. The molecule has 0 aliphatic rings. The van der Waals surface area contributed by atoms with Crippen LogP contribution in [-0.4, -0.2) is 15.7 Å². The number of amides is 1. The summed E-state index contributed by atoms with van der Waals surface area (Å²) >= 11 is 3.44. The van der Waals surface area contributed by atoms with Gasteiger partial charge in [0.05, 0.1) is 12.2 Å². The number of aromatic nitrogens is 2. The molecule has 0 unspecified atom stereocenters. The molecule has 88 valence electrons. The molecule has 0 fully saturated rings. The van der Waals surface area contributed by atoms with Crippen LogP contribution < -0.4 is 11.5 Å². The summed E-state index contributed by atoms with van der Waals surface area (Å²) in [5.41, 5.74) is 12.2. The molecule has 5 nitrogen and oxygen atoms in total. The maximum absolute atomic E-state index is 11.0. The van der Waals surface area contributed by atoms with E-state index in [1.165, 1.54) is 0 Å². The fourth-order valence-corrected chi connectivity index (χ4v) is 1.92. The van der Waals surface area contributed by atoms with E-state index in [1.54, 1.807) is 10.9 Å². The summed E-state index contributed by atoms with van der Waals surface area (Å²) in [6.07, 6.45) is 1.60. The van der Waals surface area contributed by atoms with Gasteiger partial charge in [0.25, 0.3) is 5.91 Å². The van der Waals surface area contributed by atoms with Gasteiger partial charge in [0.15, 0.2) is 5.69 Å². The van der Waals surface area contributed by atoms with Gasteiger partial charge in [-0.25, -0.2) is 0 Å². The monoisotopic (exact) mass is 294 g/mol. The molecule has 1 aromatic carbocycles. The van der Waals surface area contributed by atoms with Crippen LogP contribution >= 0.6 is 15.9 Å². The van der Waals surface area contributed by atoms with Crippen molar-refractivity contribution in [3.8, 4) is 0 Å². The van der Waals surface area contributed by atoms with Crippen LogP contribution in [0.2, 0.25) is 0 Å². The lowest BCUT2D eigenvalue weighted by Crippen LogP contribution is -2.14. The van der Waals surface area contributed by atoms with Crippen molar-refractivity contribution < 1.29 is 4.79 Å². The maximum Gasteiger partial charge on any atom is 0.271 e.